The molecule has 0 unspecified atom stereocenters. The number of carbonyl (C=O) groups is 3. The van der Waals surface area contributed by atoms with Crippen LogP contribution in [0.5, 0.6) is 0 Å². The molecule has 2 fully saturated rings. The molecule has 0 aromatic carbocycles. The van der Waals surface area contributed by atoms with Gasteiger partial charge in [-0.3, -0.25) is 14.5 Å². The van der Waals surface area contributed by atoms with E-state index < -0.39 is 11.6 Å². The molecule has 1 aliphatic carbocycles. The molecule has 6 nitrogen and oxygen atoms in total. The largest absolute Gasteiger partial charge is 0.354 e. The minimum Gasteiger partial charge on any atom is -0.354 e. The first-order chi connectivity index (χ1) is 9.44. The molecular formula is C14H23N3O3. The molecule has 0 radical (unpaired) electrons. The smallest absolute Gasteiger partial charge is 0.325 e. The molecule has 2 N–H and O–H groups in total. The lowest BCUT2D eigenvalue weighted by molar-refractivity contribution is -0.135. The van der Waals surface area contributed by atoms with Crippen molar-refractivity contribution in [1.82, 2.24) is 15.5 Å². The van der Waals surface area contributed by atoms with Gasteiger partial charge in [-0.05, 0) is 18.8 Å². The topological polar surface area (TPSA) is 78.5 Å². The van der Waals surface area contributed by atoms with Crippen LogP contribution in [0.25, 0.3) is 0 Å². The fourth-order valence-electron chi connectivity index (χ4n) is 2.83. The SMILES string of the molecule is CC(C)CNC(=O)CN1C(=O)NC2(CCCCC2)C1=O. The quantitative estimate of drug-likeness (QED) is 0.755. The van der Waals surface area contributed by atoms with Crippen LogP contribution in [0.1, 0.15) is 46.0 Å². The van der Waals surface area contributed by atoms with Crippen molar-refractivity contribution in [2.24, 2.45) is 5.92 Å². The Kier molecular flexibility index (Phi) is 4.30. The molecule has 4 amide bonds. The molecule has 6 heteroatoms. The van der Waals surface area contributed by atoms with Crippen LogP contribution in [0, 0.1) is 5.92 Å². The van der Waals surface area contributed by atoms with Crippen LogP contribution < -0.4 is 10.6 Å². The zero-order valence-electron chi connectivity index (χ0n) is 12.2. The number of hydrogen-bond donors (Lipinski definition) is 2. The second kappa shape index (κ2) is 5.81. The number of nitrogens with one attached hydrogen (secondary N) is 2. The van der Waals surface area contributed by atoms with Crippen LogP contribution >= 0.6 is 0 Å². The summed E-state index contributed by atoms with van der Waals surface area (Å²) in [5.74, 6) is -0.177. The van der Waals surface area contributed by atoms with Crippen LogP contribution in [0.15, 0.2) is 0 Å². The standard InChI is InChI=1S/C14H23N3O3/c1-10(2)8-15-11(18)9-17-12(19)14(16-13(17)20)6-4-3-5-7-14/h10H,3-9H2,1-2H3,(H,15,18)(H,16,20). The van der Waals surface area contributed by atoms with Gasteiger partial charge in [0, 0.05) is 6.54 Å². The zero-order chi connectivity index (χ0) is 14.8. The summed E-state index contributed by atoms with van der Waals surface area (Å²) >= 11 is 0. The molecule has 2 aliphatic rings. The minimum absolute atomic E-state index is 0.181. The van der Waals surface area contributed by atoms with Crippen LogP contribution in [0.4, 0.5) is 4.79 Å². The number of hydrogen-bond acceptors (Lipinski definition) is 3. The third kappa shape index (κ3) is 2.94. The van der Waals surface area contributed by atoms with E-state index in [-0.39, 0.29) is 18.4 Å². The lowest BCUT2D eigenvalue weighted by Gasteiger charge is -2.30. The Morgan fingerprint density at radius 3 is 2.55 bits per heavy atom. The Balaban J connectivity index is 1.97. The molecule has 0 aromatic heterocycles. The van der Waals surface area contributed by atoms with Gasteiger partial charge in [-0.2, -0.15) is 0 Å². The average Bonchev–Trinajstić information content (AvgIpc) is 2.62. The van der Waals surface area contributed by atoms with E-state index in [0.717, 1.165) is 24.2 Å². The first-order valence-electron chi connectivity index (χ1n) is 7.35. The molecule has 0 atom stereocenters. The summed E-state index contributed by atoms with van der Waals surface area (Å²) in [4.78, 5) is 37.2. The van der Waals surface area contributed by atoms with Gasteiger partial charge in [-0.25, -0.2) is 4.79 Å². The van der Waals surface area contributed by atoms with E-state index in [1.807, 2.05) is 13.8 Å². The highest BCUT2D eigenvalue weighted by molar-refractivity contribution is 6.09. The molecule has 112 valence electrons. The second-order valence-corrected chi connectivity index (χ2v) is 6.16. The van der Waals surface area contributed by atoms with Crippen molar-refractivity contribution >= 4 is 17.8 Å². The van der Waals surface area contributed by atoms with Crippen LogP contribution in [-0.4, -0.2) is 41.4 Å². The van der Waals surface area contributed by atoms with Crippen molar-refractivity contribution in [3.63, 3.8) is 0 Å². The van der Waals surface area contributed by atoms with Gasteiger partial charge in [0.2, 0.25) is 5.91 Å². The second-order valence-electron chi connectivity index (χ2n) is 6.16. The maximum absolute atomic E-state index is 12.4. The van der Waals surface area contributed by atoms with Crippen LogP contribution in [0.2, 0.25) is 0 Å². The van der Waals surface area contributed by atoms with Gasteiger partial charge in [0.1, 0.15) is 12.1 Å². The number of amides is 4. The van der Waals surface area contributed by atoms with Gasteiger partial charge >= 0.3 is 6.03 Å². The summed E-state index contributed by atoms with van der Waals surface area (Å²) < 4.78 is 0. The van der Waals surface area contributed by atoms with Gasteiger partial charge < -0.3 is 10.6 Å². The average molecular weight is 281 g/mol. The molecule has 1 saturated heterocycles. The summed E-state index contributed by atoms with van der Waals surface area (Å²) in [6.45, 7) is 4.35. The molecular weight excluding hydrogens is 258 g/mol. The maximum Gasteiger partial charge on any atom is 0.325 e. The monoisotopic (exact) mass is 281 g/mol. The van der Waals surface area contributed by atoms with E-state index in [9.17, 15) is 14.4 Å². The Morgan fingerprint density at radius 1 is 1.30 bits per heavy atom. The lowest BCUT2D eigenvalue weighted by Crippen LogP contribution is -2.49. The Morgan fingerprint density at radius 2 is 1.95 bits per heavy atom. The molecule has 0 bridgehead atoms. The molecule has 1 saturated carbocycles. The summed E-state index contributed by atoms with van der Waals surface area (Å²) in [6.07, 6.45) is 4.35. The number of urea groups is 1. The predicted molar refractivity (Wildman–Crippen MR) is 73.9 cm³/mol. The molecule has 1 spiro atoms. The van der Waals surface area contributed by atoms with Gasteiger partial charge in [0.05, 0.1) is 0 Å². The molecule has 20 heavy (non-hydrogen) atoms. The molecule has 1 aliphatic heterocycles. The minimum atomic E-state index is -0.742. The Labute approximate surface area is 119 Å². The van der Waals surface area contributed by atoms with E-state index >= 15 is 0 Å². The van der Waals surface area contributed by atoms with Gasteiger partial charge in [-0.1, -0.05) is 33.1 Å². The van der Waals surface area contributed by atoms with E-state index in [0.29, 0.717) is 25.3 Å². The van der Waals surface area contributed by atoms with E-state index in [1.165, 1.54) is 0 Å². The molecule has 1 heterocycles. The van der Waals surface area contributed by atoms with Gasteiger partial charge in [0.25, 0.3) is 5.91 Å². The summed E-state index contributed by atoms with van der Waals surface area (Å²) in [6, 6.07) is -0.434. The van der Waals surface area contributed by atoms with Gasteiger partial charge in [0.15, 0.2) is 0 Å². The summed E-state index contributed by atoms with van der Waals surface area (Å²) in [5, 5.41) is 5.53. The Bertz CT molecular complexity index is 414. The highest BCUT2D eigenvalue weighted by Crippen LogP contribution is 2.33. The van der Waals surface area contributed by atoms with Crippen LogP contribution in [-0.2, 0) is 9.59 Å². The first-order valence-corrected chi connectivity index (χ1v) is 7.35. The normalized spacial score (nSPS) is 21.4. The predicted octanol–water partition coefficient (Wildman–Crippen LogP) is 1.01. The highest BCUT2D eigenvalue weighted by Gasteiger charge is 2.51. The summed E-state index contributed by atoms with van der Waals surface area (Å²) in [5.41, 5.74) is -0.742. The van der Waals surface area contributed by atoms with E-state index in [2.05, 4.69) is 10.6 Å². The Hall–Kier alpha value is -1.59. The fourth-order valence-corrected chi connectivity index (χ4v) is 2.83. The molecule has 0 aromatic rings. The van der Waals surface area contributed by atoms with Crippen molar-refractivity contribution in [2.45, 2.75) is 51.5 Å². The molecule has 2 rings (SSSR count). The third-order valence-electron chi connectivity index (χ3n) is 3.96. The van der Waals surface area contributed by atoms with Gasteiger partial charge in [-0.15, -0.1) is 0 Å². The zero-order valence-corrected chi connectivity index (χ0v) is 12.2. The highest BCUT2D eigenvalue weighted by atomic mass is 16.2. The van der Waals surface area contributed by atoms with Crippen molar-refractivity contribution in [3.8, 4) is 0 Å². The third-order valence-corrected chi connectivity index (χ3v) is 3.96. The van der Waals surface area contributed by atoms with Crippen molar-refractivity contribution < 1.29 is 14.4 Å². The summed E-state index contributed by atoms with van der Waals surface area (Å²) in [7, 11) is 0. The van der Waals surface area contributed by atoms with Crippen LogP contribution in [0.3, 0.4) is 0 Å². The lowest BCUT2D eigenvalue weighted by atomic mass is 9.82. The number of carbonyl (C=O) groups excluding carboxylic acids is 3. The number of rotatable bonds is 4. The number of nitrogens with zero attached hydrogens (tertiary/aromatic N) is 1. The van der Waals surface area contributed by atoms with Crippen molar-refractivity contribution in [1.29, 1.82) is 0 Å². The van der Waals surface area contributed by atoms with E-state index in [1.54, 1.807) is 0 Å². The fraction of sp³-hybridized carbons (Fsp3) is 0.786. The maximum atomic E-state index is 12.4. The van der Waals surface area contributed by atoms with E-state index in [4.69, 9.17) is 0 Å². The number of imide groups is 1. The van der Waals surface area contributed by atoms with Crippen molar-refractivity contribution in [2.75, 3.05) is 13.1 Å². The first kappa shape index (κ1) is 14.8. The van der Waals surface area contributed by atoms with Crippen molar-refractivity contribution in [3.05, 3.63) is 0 Å².